The normalized spacial score (nSPS) is 11.7. The van der Waals surface area contributed by atoms with Gasteiger partial charge >= 0.3 is 6.18 Å². The molecule has 1 aromatic carbocycles. The van der Waals surface area contributed by atoms with Crippen LogP contribution in [0.15, 0.2) is 24.3 Å². The molecule has 2 N–H and O–H groups in total. The molecule has 0 aliphatic heterocycles. The van der Waals surface area contributed by atoms with Gasteiger partial charge in [0.1, 0.15) is 0 Å². The number of halogens is 3. The van der Waals surface area contributed by atoms with Crippen LogP contribution in [0.3, 0.4) is 0 Å². The predicted molar refractivity (Wildman–Crippen MR) is 44.9 cm³/mol. The lowest BCUT2D eigenvalue weighted by Gasteiger charge is -2.11. The molecule has 2 nitrogen and oxygen atoms in total. The van der Waals surface area contributed by atoms with Gasteiger partial charge in [0, 0.05) is 6.54 Å². The zero-order valence-corrected chi connectivity index (χ0v) is 7.30. The van der Waals surface area contributed by atoms with E-state index in [1.807, 2.05) is 5.48 Å². The topological polar surface area (TPSA) is 32.3 Å². The zero-order valence-electron chi connectivity index (χ0n) is 7.30. The van der Waals surface area contributed by atoms with Gasteiger partial charge in [-0.15, -0.1) is 0 Å². The van der Waals surface area contributed by atoms with Crippen molar-refractivity contribution in [2.75, 3.05) is 6.54 Å². The monoisotopic (exact) mass is 205 g/mol. The minimum Gasteiger partial charge on any atom is -0.317 e. The first-order valence-corrected chi connectivity index (χ1v) is 4.08. The molecule has 78 valence electrons. The maximum Gasteiger partial charge on any atom is 0.416 e. The van der Waals surface area contributed by atoms with Crippen molar-refractivity contribution in [2.45, 2.75) is 12.6 Å². The number of nitrogens with one attached hydrogen (secondary N) is 1. The molecule has 0 spiro atoms. The molecule has 0 heterocycles. The number of rotatable bonds is 3. The maximum absolute atomic E-state index is 12.4. The highest BCUT2D eigenvalue weighted by molar-refractivity contribution is 5.29. The SMILES string of the molecule is ONCCc1ccccc1C(F)(F)F. The van der Waals surface area contributed by atoms with E-state index < -0.39 is 11.7 Å². The lowest BCUT2D eigenvalue weighted by Crippen LogP contribution is -2.15. The van der Waals surface area contributed by atoms with Gasteiger partial charge in [0.25, 0.3) is 0 Å². The Bertz CT molecular complexity index is 298. The Hall–Kier alpha value is -1.07. The van der Waals surface area contributed by atoms with Crippen molar-refractivity contribution in [3.63, 3.8) is 0 Å². The third-order valence-corrected chi connectivity index (χ3v) is 1.83. The molecular formula is C9H10F3NO. The van der Waals surface area contributed by atoms with Crippen molar-refractivity contribution < 1.29 is 18.4 Å². The second-order valence-electron chi connectivity index (χ2n) is 2.81. The second kappa shape index (κ2) is 4.43. The van der Waals surface area contributed by atoms with Gasteiger partial charge in [-0.3, -0.25) is 0 Å². The van der Waals surface area contributed by atoms with Crippen LogP contribution in [0, 0.1) is 0 Å². The minimum absolute atomic E-state index is 0.104. The second-order valence-corrected chi connectivity index (χ2v) is 2.81. The van der Waals surface area contributed by atoms with Crippen LogP contribution in [0.5, 0.6) is 0 Å². The average molecular weight is 205 g/mol. The van der Waals surface area contributed by atoms with Crippen LogP contribution in [0.4, 0.5) is 13.2 Å². The third-order valence-electron chi connectivity index (χ3n) is 1.83. The van der Waals surface area contributed by atoms with Crippen molar-refractivity contribution in [1.29, 1.82) is 0 Å². The summed E-state index contributed by atoms with van der Waals surface area (Å²) in [6.07, 6.45) is -4.18. The molecule has 0 saturated carbocycles. The first kappa shape index (κ1) is 11.0. The van der Waals surface area contributed by atoms with Gasteiger partial charge in [-0.25, -0.2) is 5.48 Å². The molecule has 0 saturated heterocycles. The molecule has 5 heteroatoms. The molecule has 0 atom stereocenters. The summed E-state index contributed by atoms with van der Waals surface area (Å²) in [4.78, 5) is 0. The summed E-state index contributed by atoms with van der Waals surface area (Å²) >= 11 is 0. The van der Waals surface area contributed by atoms with Crippen LogP contribution < -0.4 is 5.48 Å². The molecule has 0 aromatic heterocycles. The fourth-order valence-corrected chi connectivity index (χ4v) is 1.21. The molecular weight excluding hydrogens is 195 g/mol. The Labute approximate surface area is 79.3 Å². The number of hydrogen-bond acceptors (Lipinski definition) is 2. The van der Waals surface area contributed by atoms with E-state index in [2.05, 4.69) is 0 Å². The summed E-state index contributed by atoms with van der Waals surface area (Å²) in [5.74, 6) is 0. The number of benzene rings is 1. The van der Waals surface area contributed by atoms with Crippen LogP contribution in [0.2, 0.25) is 0 Å². The Kier molecular flexibility index (Phi) is 3.49. The zero-order chi connectivity index (χ0) is 10.6. The van der Waals surface area contributed by atoms with Gasteiger partial charge in [-0.05, 0) is 18.1 Å². The molecule has 0 unspecified atom stereocenters. The quantitative estimate of drug-likeness (QED) is 0.741. The summed E-state index contributed by atoms with van der Waals surface area (Å²) in [6, 6.07) is 5.33. The Balaban J connectivity index is 2.92. The molecule has 0 aliphatic carbocycles. The van der Waals surface area contributed by atoms with Crippen LogP contribution in [-0.4, -0.2) is 11.8 Å². The molecule has 14 heavy (non-hydrogen) atoms. The number of hydroxylamine groups is 1. The van der Waals surface area contributed by atoms with Crippen molar-refractivity contribution in [2.24, 2.45) is 0 Å². The lowest BCUT2D eigenvalue weighted by molar-refractivity contribution is -0.138. The van der Waals surface area contributed by atoms with Gasteiger partial charge in [0.05, 0.1) is 5.56 Å². The Morgan fingerprint density at radius 1 is 1.21 bits per heavy atom. The molecule has 0 amide bonds. The van der Waals surface area contributed by atoms with Gasteiger partial charge in [0.15, 0.2) is 0 Å². The highest BCUT2D eigenvalue weighted by Crippen LogP contribution is 2.31. The lowest BCUT2D eigenvalue weighted by atomic mass is 10.0. The van der Waals surface area contributed by atoms with E-state index in [1.165, 1.54) is 12.1 Å². The molecule has 1 aromatic rings. The molecule has 0 fully saturated rings. The fraction of sp³-hybridized carbons (Fsp3) is 0.333. The first-order valence-electron chi connectivity index (χ1n) is 4.08. The largest absolute Gasteiger partial charge is 0.416 e. The Morgan fingerprint density at radius 2 is 1.86 bits per heavy atom. The summed E-state index contributed by atoms with van der Waals surface area (Å²) in [6.45, 7) is 0.104. The van der Waals surface area contributed by atoms with E-state index in [-0.39, 0.29) is 18.5 Å². The van der Waals surface area contributed by atoms with Gasteiger partial charge < -0.3 is 5.21 Å². The highest BCUT2D eigenvalue weighted by Gasteiger charge is 2.32. The minimum atomic E-state index is -4.33. The molecule has 1 rings (SSSR count). The van der Waals surface area contributed by atoms with Crippen molar-refractivity contribution >= 4 is 0 Å². The third kappa shape index (κ3) is 2.71. The summed E-state index contributed by atoms with van der Waals surface area (Å²) in [5, 5.41) is 8.29. The Morgan fingerprint density at radius 3 is 2.43 bits per heavy atom. The van der Waals surface area contributed by atoms with Crippen LogP contribution in [0.25, 0.3) is 0 Å². The maximum atomic E-state index is 12.4. The number of alkyl halides is 3. The van der Waals surface area contributed by atoms with E-state index in [0.29, 0.717) is 0 Å². The molecule has 0 radical (unpaired) electrons. The predicted octanol–water partition coefficient (Wildman–Crippen LogP) is 2.23. The van der Waals surface area contributed by atoms with Crippen molar-refractivity contribution in [3.8, 4) is 0 Å². The van der Waals surface area contributed by atoms with Crippen LogP contribution in [0.1, 0.15) is 11.1 Å². The highest BCUT2D eigenvalue weighted by atomic mass is 19.4. The van der Waals surface area contributed by atoms with Gasteiger partial charge in [-0.2, -0.15) is 13.2 Å². The van der Waals surface area contributed by atoms with E-state index in [4.69, 9.17) is 5.21 Å². The van der Waals surface area contributed by atoms with E-state index >= 15 is 0 Å². The summed E-state index contributed by atoms with van der Waals surface area (Å²) in [7, 11) is 0. The van der Waals surface area contributed by atoms with Crippen LogP contribution >= 0.6 is 0 Å². The van der Waals surface area contributed by atoms with Crippen LogP contribution in [-0.2, 0) is 12.6 Å². The van der Waals surface area contributed by atoms with E-state index in [9.17, 15) is 13.2 Å². The van der Waals surface area contributed by atoms with Gasteiger partial charge in [0.2, 0.25) is 0 Å². The van der Waals surface area contributed by atoms with Crippen molar-refractivity contribution in [1.82, 2.24) is 5.48 Å². The summed E-state index contributed by atoms with van der Waals surface area (Å²) in [5.41, 5.74) is 1.37. The smallest absolute Gasteiger partial charge is 0.317 e. The van der Waals surface area contributed by atoms with E-state index in [0.717, 1.165) is 6.07 Å². The molecule has 0 aliphatic rings. The fourth-order valence-electron chi connectivity index (χ4n) is 1.21. The standard InChI is InChI=1S/C9H10F3NO/c10-9(11,12)8-4-2-1-3-7(8)5-6-13-14/h1-4,13-14H,5-6H2. The van der Waals surface area contributed by atoms with Gasteiger partial charge in [-0.1, -0.05) is 18.2 Å². The van der Waals surface area contributed by atoms with E-state index in [1.54, 1.807) is 6.07 Å². The summed E-state index contributed by atoms with van der Waals surface area (Å²) < 4.78 is 37.2. The molecule has 0 bridgehead atoms. The average Bonchev–Trinajstić information content (AvgIpc) is 2.14. The number of hydrogen-bond donors (Lipinski definition) is 2. The first-order chi connectivity index (χ1) is 6.55. The van der Waals surface area contributed by atoms with Crippen molar-refractivity contribution in [3.05, 3.63) is 35.4 Å².